The van der Waals surface area contributed by atoms with E-state index >= 15 is 0 Å². The summed E-state index contributed by atoms with van der Waals surface area (Å²) in [5.74, 6) is 0. The lowest BCUT2D eigenvalue weighted by atomic mass is 9.87. The number of rotatable bonds is 6. The van der Waals surface area contributed by atoms with Crippen molar-refractivity contribution >= 4 is 43.6 Å². The van der Waals surface area contributed by atoms with Crippen LogP contribution in [0.4, 0.5) is 39.5 Å². The van der Waals surface area contributed by atoms with Crippen molar-refractivity contribution in [2.45, 2.75) is 32.4 Å². The fraction of sp³-hybridized carbons (Fsp3) is 0.0820. The van der Waals surface area contributed by atoms with Gasteiger partial charge in [0, 0.05) is 32.7 Å². The van der Waals surface area contributed by atoms with E-state index in [0.29, 0.717) is 89.0 Å². The van der Waals surface area contributed by atoms with Gasteiger partial charge in [0.1, 0.15) is 0 Å². The van der Waals surface area contributed by atoms with Crippen molar-refractivity contribution in [2.75, 3.05) is 0 Å². The molecule has 0 amide bonds. The molecule has 362 valence electrons. The zero-order valence-electron chi connectivity index (χ0n) is 38.9. The van der Waals surface area contributed by atoms with Gasteiger partial charge in [0.2, 0.25) is 0 Å². The quantitative estimate of drug-likeness (QED) is 0.156. The molecule has 74 heavy (non-hydrogen) atoms. The van der Waals surface area contributed by atoms with Gasteiger partial charge in [-0.05, 0) is 138 Å². The molecule has 0 saturated heterocycles. The summed E-state index contributed by atoms with van der Waals surface area (Å²) >= 11 is 0. The topological polar surface area (TPSA) is 57.4 Å². The van der Waals surface area contributed by atoms with Crippen LogP contribution in [0, 0.1) is 36.5 Å². The van der Waals surface area contributed by atoms with E-state index in [1.54, 1.807) is 79.7 Å². The highest BCUT2D eigenvalue weighted by Gasteiger charge is 2.39. The number of benzene rings is 9. The molecule has 0 bridgehead atoms. The van der Waals surface area contributed by atoms with E-state index in [0.717, 1.165) is 28.6 Å². The molecule has 0 aliphatic carbocycles. The SMILES string of the molecule is Cc1ccc(-c2ccc3c(c2)c2ccccc2n3-c2cccc(C#N)c2-c2c(-c3ccc(C#N)cc3C)cccc2-n2c3ccccc3c3cc(-c4ccc(C(F)(F)F)cc4C(F)(F)F)ccc32)c(C(F)(F)F)c1. The van der Waals surface area contributed by atoms with E-state index in [-0.39, 0.29) is 22.8 Å². The number of hydrogen-bond acceptors (Lipinski definition) is 2. The van der Waals surface area contributed by atoms with Crippen molar-refractivity contribution < 1.29 is 39.5 Å². The van der Waals surface area contributed by atoms with Crippen LogP contribution in [0.15, 0.2) is 176 Å². The lowest BCUT2D eigenvalue weighted by Crippen LogP contribution is -2.12. The van der Waals surface area contributed by atoms with Crippen LogP contribution in [0.3, 0.4) is 0 Å². The van der Waals surface area contributed by atoms with Gasteiger partial charge in [-0.2, -0.15) is 50.0 Å². The number of halogens is 9. The minimum Gasteiger partial charge on any atom is -0.309 e. The Balaban J connectivity index is 1.22. The highest BCUT2D eigenvalue weighted by Crippen LogP contribution is 2.49. The Hall–Kier alpha value is -9.07. The molecule has 0 saturated carbocycles. The average molecular weight is 995 g/mol. The predicted octanol–water partition coefficient (Wildman–Crippen LogP) is 18.0. The molecule has 4 nitrogen and oxygen atoms in total. The summed E-state index contributed by atoms with van der Waals surface area (Å²) < 4.78 is 133. The first-order chi connectivity index (χ1) is 35.3. The summed E-state index contributed by atoms with van der Waals surface area (Å²) in [7, 11) is 0. The molecular formula is C61H35F9N4. The van der Waals surface area contributed by atoms with Crippen molar-refractivity contribution in [1.29, 1.82) is 10.5 Å². The number of fused-ring (bicyclic) bond motifs is 6. The summed E-state index contributed by atoms with van der Waals surface area (Å²) in [4.78, 5) is 0. The van der Waals surface area contributed by atoms with E-state index in [4.69, 9.17) is 0 Å². The Bertz CT molecular complexity index is 4210. The average Bonchev–Trinajstić information content (AvgIpc) is 3.89. The van der Waals surface area contributed by atoms with E-state index in [9.17, 15) is 50.0 Å². The molecule has 9 aromatic carbocycles. The molecule has 0 aliphatic heterocycles. The summed E-state index contributed by atoms with van der Waals surface area (Å²) in [5, 5.41) is 23.6. The van der Waals surface area contributed by atoms with Crippen LogP contribution in [0.2, 0.25) is 0 Å². The third-order valence-electron chi connectivity index (χ3n) is 13.7. The smallest absolute Gasteiger partial charge is 0.309 e. The maximum Gasteiger partial charge on any atom is 0.417 e. The lowest BCUT2D eigenvalue weighted by Gasteiger charge is -2.23. The molecule has 0 unspecified atom stereocenters. The van der Waals surface area contributed by atoms with Crippen LogP contribution < -0.4 is 0 Å². The normalized spacial score (nSPS) is 12.2. The first-order valence-electron chi connectivity index (χ1n) is 23.1. The molecule has 0 atom stereocenters. The van der Waals surface area contributed by atoms with Crippen molar-refractivity contribution in [3.05, 3.63) is 215 Å². The fourth-order valence-corrected chi connectivity index (χ4v) is 10.5. The van der Waals surface area contributed by atoms with Crippen LogP contribution >= 0.6 is 0 Å². The number of para-hydroxylation sites is 2. The summed E-state index contributed by atoms with van der Waals surface area (Å²) in [6.07, 6.45) is -14.8. The van der Waals surface area contributed by atoms with E-state index in [2.05, 4.69) is 12.1 Å². The molecule has 11 rings (SSSR count). The Kier molecular flexibility index (Phi) is 11.1. The van der Waals surface area contributed by atoms with Crippen molar-refractivity contribution in [2.24, 2.45) is 0 Å². The minimum absolute atomic E-state index is 0.0174. The monoisotopic (exact) mass is 994 g/mol. The second kappa shape index (κ2) is 17.3. The third kappa shape index (κ3) is 7.80. The zero-order valence-corrected chi connectivity index (χ0v) is 38.9. The number of nitrogens with zero attached hydrogens (tertiary/aromatic N) is 4. The van der Waals surface area contributed by atoms with Gasteiger partial charge in [-0.1, -0.05) is 96.6 Å². The molecule has 0 aliphatic rings. The molecule has 2 aromatic heterocycles. The third-order valence-corrected chi connectivity index (χ3v) is 13.7. The van der Waals surface area contributed by atoms with Crippen LogP contribution in [-0.4, -0.2) is 9.13 Å². The number of aromatic nitrogens is 2. The maximum atomic E-state index is 14.6. The highest BCUT2D eigenvalue weighted by molar-refractivity contribution is 6.13. The van der Waals surface area contributed by atoms with Gasteiger partial charge in [0.25, 0.3) is 0 Å². The van der Waals surface area contributed by atoms with Crippen molar-refractivity contribution in [1.82, 2.24) is 9.13 Å². The van der Waals surface area contributed by atoms with Gasteiger partial charge in [0.15, 0.2) is 0 Å². The lowest BCUT2D eigenvalue weighted by molar-refractivity contribution is -0.143. The van der Waals surface area contributed by atoms with Gasteiger partial charge < -0.3 is 9.13 Å². The number of alkyl halides is 9. The molecular weight excluding hydrogens is 960 g/mol. The molecule has 13 heteroatoms. The predicted molar refractivity (Wildman–Crippen MR) is 271 cm³/mol. The molecule has 11 aromatic rings. The Morgan fingerprint density at radius 1 is 0.392 bits per heavy atom. The van der Waals surface area contributed by atoms with E-state index in [1.807, 2.05) is 76.7 Å². The van der Waals surface area contributed by atoms with Gasteiger partial charge in [-0.3, -0.25) is 0 Å². The van der Waals surface area contributed by atoms with E-state index < -0.39 is 40.8 Å². The number of aryl methyl sites for hydroxylation is 2. The van der Waals surface area contributed by atoms with Gasteiger partial charge >= 0.3 is 18.5 Å². The number of nitriles is 2. The van der Waals surface area contributed by atoms with Gasteiger partial charge in [-0.25, -0.2) is 0 Å². The molecule has 0 N–H and O–H groups in total. The Morgan fingerprint density at radius 3 is 1.45 bits per heavy atom. The molecule has 0 radical (unpaired) electrons. The molecule has 2 heterocycles. The highest BCUT2D eigenvalue weighted by atomic mass is 19.4. The minimum atomic E-state index is -5.12. The fourth-order valence-electron chi connectivity index (χ4n) is 10.5. The van der Waals surface area contributed by atoms with Gasteiger partial charge in [-0.15, -0.1) is 0 Å². The Morgan fingerprint density at radius 2 is 0.905 bits per heavy atom. The number of hydrogen-bond donors (Lipinski definition) is 0. The summed E-state index contributed by atoms with van der Waals surface area (Å²) in [5.41, 5.74) is 4.15. The van der Waals surface area contributed by atoms with Gasteiger partial charge in [0.05, 0.1) is 73.4 Å². The zero-order chi connectivity index (χ0) is 52.0. The first-order valence-corrected chi connectivity index (χ1v) is 23.1. The van der Waals surface area contributed by atoms with E-state index in [1.165, 1.54) is 18.2 Å². The van der Waals surface area contributed by atoms with Crippen molar-refractivity contribution in [3.63, 3.8) is 0 Å². The van der Waals surface area contributed by atoms with Crippen LogP contribution in [-0.2, 0) is 18.5 Å². The Labute approximate surface area is 416 Å². The first kappa shape index (κ1) is 47.3. The van der Waals surface area contributed by atoms with Crippen molar-refractivity contribution in [3.8, 4) is 68.0 Å². The largest absolute Gasteiger partial charge is 0.417 e. The summed E-state index contributed by atoms with van der Waals surface area (Å²) in [6.45, 7) is 3.47. The summed E-state index contributed by atoms with van der Waals surface area (Å²) in [6, 6.07) is 51.1. The standard InChI is InChI=1S/C61H35F9N4/c1-34-17-22-42(49(27-34)60(65,66)67)37-19-25-53-47(29-37)44-10-3-5-13-51(44)73(53)55-15-7-9-39(33-72)57(55)58-46(41-23-18-36(32-71)28-35(41)2)12-8-16-56(58)74-52-14-6-4-11-45(52)48-30-38(20-26-54(48)74)43-24-21-40(59(62,63)64)31-50(43)61(68,69)70/h3-31H,1-2H3. The maximum absolute atomic E-state index is 14.6. The van der Waals surface area contributed by atoms with Crippen LogP contribution in [0.1, 0.15) is 38.9 Å². The second-order valence-corrected chi connectivity index (χ2v) is 18.1. The van der Waals surface area contributed by atoms with Crippen LogP contribution in [0.25, 0.3) is 99.5 Å². The molecule has 0 fully saturated rings. The second-order valence-electron chi connectivity index (χ2n) is 18.1. The molecule has 0 spiro atoms. The van der Waals surface area contributed by atoms with Crippen LogP contribution in [0.5, 0.6) is 0 Å².